The Labute approximate surface area is 117 Å². The van der Waals surface area contributed by atoms with Crippen LogP contribution in [0.2, 0.25) is 0 Å². The Morgan fingerprint density at radius 2 is 1.84 bits per heavy atom. The van der Waals surface area contributed by atoms with Gasteiger partial charge in [-0.25, -0.2) is 0 Å². The van der Waals surface area contributed by atoms with Crippen LogP contribution in [0.3, 0.4) is 0 Å². The smallest absolute Gasteiger partial charge is 0.0605 e. The SMILES string of the molecule is CCCCCNCCN1CCN(C)c2ccccc21. The first-order chi connectivity index (χ1) is 9.33. The topological polar surface area (TPSA) is 18.5 Å². The fourth-order valence-corrected chi connectivity index (χ4v) is 2.64. The Morgan fingerprint density at radius 3 is 2.63 bits per heavy atom. The van der Waals surface area contributed by atoms with Crippen molar-refractivity contribution in [2.45, 2.75) is 26.2 Å². The number of nitrogens with zero attached hydrogens (tertiary/aromatic N) is 2. The Morgan fingerprint density at radius 1 is 1.05 bits per heavy atom. The quantitative estimate of drug-likeness (QED) is 0.761. The molecule has 0 aliphatic carbocycles. The van der Waals surface area contributed by atoms with Gasteiger partial charge in [-0.2, -0.15) is 0 Å². The molecule has 0 saturated carbocycles. The summed E-state index contributed by atoms with van der Waals surface area (Å²) < 4.78 is 0. The minimum atomic E-state index is 1.09. The van der Waals surface area contributed by atoms with Gasteiger partial charge in [0.1, 0.15) is 0 Å². The largest absolute Gasteiger partial charge is 0.371 e. The molecule has 1 aromatic carbocycles. The van der Waals surface area contributed by atoms with E-state index in [2.05, 4.69) is 53.4 Å². The highest BCUT2D eigenvalue weighted by Crippen LogP contribution is 2.31. The molecule has 0 aromatic heterocycles. The van der Waals surface area contributed by atoms with Crippen LogP contribution >= 0.6 is 0 Å². The third-order valence-electron chi connectivity index (χ3n) is 3.85. The van der Waals surface area contributed by atoms with E-state index in [0.717, 1.165) is 32.7 Å². The molecule has 1 aliphatic rings. The van der Waals surface area contributed by atoms with Gasteiger partial charge in [0.2, 0.25) is 0 Å². The molecule has 0 spiro atoms. The Kier molecular flexibility index (Phi) is 5.52. The fraction of sp³-hybridized carbons (Fsp3) is 0.625. The monoisotopic (exact) mass is 261 g/mol. The molecule has 0 unspecified atom stereocenters. The molecule has 19 heavy (non-hydrogen) atoms. The molecular formula is C16H27N3. The lowest BCUT2D eigenvalue weighted by Crippen LogP contribution is -2.42. The van der Waals surface area contributed by atoms with Crippen LogP contribution in [-0.4, -0.2) is 39.8 Å². The molecule has 0 bridgehead atoms. The Bertz CT molecular complexity index is 378. The maximum Gasteiger partial charge on any atom is 0.0605 e. The van der Waals surface area contributed by atoms with Gasteiger partial charge in [-0.05, 0) is 25.1 Å². The maximum absolute atomic E-state index is 3.55. The van der Waals surface area contributed by atoms with Gasteiger partial charge in [-0.1, -0.05) is 31.9 Å². The summed E-state index contributed by atoms with van der Waals surface area (Å²) in [5, 5.41) is 3.55. The molecule has 3 nitrogen and oxygen atoms in total. The minimum Gasteiger partial charge on any atom is -0.371 e. The van der Waals surface area contributed by atoms with Crippen molar-refractivity contribution in [2.75, 3.05) is 49.6 Å². The van der Waals surface area contributed by atoms with Crippen LogP contribution in [0.5, 0.6) is 0 Å². The van der Waals surface area contributed by atoms with Crippen LogP contribution in [-0.2, 0) is 0 Å². The number of fused-ring (bicyclic) bond motifs is 1. The molecule has 1 aromatic rings. The molecule has 0 amide bonds. The van der Waals surface area contributed by atoms with Gasteiger partial charge in [-0.3, -0.25) is 0 Å². The van der Waals surface area contributed by atoms with E-state index in [1.54, 1.807) is 0 Å². The summed E-state index contributed by atoms with van der Waals surface area (Å²) in [6, 6.07) is 8.72. The van der Waals surface area contributed by atoms with Crippen LogP contribution in [0.4, 0.5) is 11.4 Å². The second-order valence-electron chi connectivity index (χ2n) is 5.35. The highest BCUT2D eigenvalue weighted by molar-refractivity contribution is 5.73. The number of anilines is 2. The molecule has 2 rings (SSSR count). The van der Waals surface area contributed by atoms with E-state index in [1.807, 2.05) is 0 Å². The summed E-state index contributed by atoms with van der Waals surface area (Å²) in [4.78, 5) is 4.85. The number of benzene rings is 1. The Balaban J connectivity index is 1.80. The van der Waals surface area contributed by atoms with E-state index in [0.29, 0.717) is 0 Å². The molecule has 0 radical (unpaired) electrons. The standard InChI is InChI=1S/C16H27N3/c1-3-4-7-10-17-11-12-19-14-13-18(2)15-8-5-6-9-16(15)19/h5-6,8-9,17H,3-4,7,10-14H2,1-2H3. The van der Waals surface area contributed by atoms with Crippen molar-refractivity contribution in [3.05, 3.63) is 24.3 Å². The lowest BCUT2D eigenvalue weighted by Gasteiger charge is -2.37. The number of nitrogens with one attached hydrogen (secondary N) is 1. The van der Waals surface area contributed by atoms with Crippen LogP contribution in [0.1, 0.15) is 26.2 Å². The summed E-state index contributed by atoms with van der Waals surface area (Å²) in [5.41, 5.74) is 2.74. The first-order valence-corrected chi connectivity index (χ1v) is 7.58. The van der Waals surface area contributed by atoms with Crippen LogP contribution < -0.4 is 15.1 Å². The minimum absolute atomic E-state index is 1.09. The first kappa shape index (κ1) is 14.2. The van der Waals surface area contributed by atoms with Crippen molar-refractivity contribution >= 4 is 11.4 Å². The summed E-state index contributed by atoms with van der Waals surface area (Å²) >= 11 is 0. The molecule has 3 heteroatoms. The zero-order chi connectivity index (χ0) is 13.5. The number of hydrogen-bond acceptors (Lipinski definition) is 3. The number of para-hydroxylation sites is 2. The van der Waals surface area contributed by atoms with E-state index in [4.69, 9.17) is 0 Å². The van der Waals surface area contributed by atoms with Gasteiger partial charge in [0.25, 0.3) is 0 Å². The van der Waals surface area contributed by atoms with E-state index in [9.17, 15) is 0 Å². The zero-order valence-electron chi connectivity index (χ0n) is 12.4. The summed E-state index contributed by atoms with van der Waals surface area (Å²) in [5.74, 6) is 0. The fourth-order valence-electron chi connectivity index (χ4n) is 2.64. The van der Waals surface area contributed by atoms with Crippen LogP contribution in [0.15, 0.2) is 24.3 Å². The maximum atomic E-state index is 3.55. The second-order valence-corrected chi connectivity index (χ2v) is 5.35. The summed E-state index contributed by atoms with van der Waals surface area (Å²) in [6.07, 6.45) is 3.94. The van der Waals surface area contributed by atoms with Crippen LogP contribution in [0, 0.1) is 0 Å². The van der Waals surface area contributed by atoms with Crippen LogP contribution in [0.25, 0.3) is 0 Å². The Hall–Kier alpha value is -1.22. The molecule has 1 aliphatic heterocycles. The third kappa shape index (κ3) is 3.87. The van der Waals surface area contributed by atoms with Crippen molar-refractivity contribution in [1.82, 2.24) is 5.32 Å². The van der Waals surface area contributed by atoms with Crippen molar-refractivity contribution < 1.29 is 0 Å². The van der Waals surface area contributed by atoms with Gasteiger partial charge < -0.3 is 15.1 Å². The molecule has 0 atom stereocenters. The number of likely N-dealkylation sites (N-methyl/N-ethyl adjacent to an activating group) is 1. The van der Waals surface area contributed by atoms with Gasteiger partial charge in [-0.15, -0.1) is 0 Å². The van der Waals surface area contributed by atoms with E-state index in [-0.39, 0.29) is 0 Å². The molecule has 0 saturated heterocycles. The predicted octanol–water partition coefficient (Wildman–Crippen LogP) is 2.72. The predicted molar refractivity (Wildman–Crippen MR) is 84.3 cm³/mol. The highest BCUT2D eigenvalue weighted by Gasteiger charge is 2.18. The van der Waals surface area contributed by atoms with E-state index < -0.39 is 0 Å². The lowest BCUT2D eigenvalue weighted by atomic mass is 10.2. The first-order valence-electron chi connectivity index (χ1n) is 7.58. The van der Waals surface area contributed by atoms with E-state index >= 15 is 0 Å². The van der Waals surface area contributed by atoms with Crippen molar-refractivity contribution in [1.29, 1.82) is 0 Å². The third-order valence-corrected chi connectivity index (χ3v) is 3.85. The molecule has 106 valence electrons. The summed E-state index contributed by atoms with van der Waals surface area (Å²) in [6.45, 7) is 7.85. The van der Waals surface area contributed by atoms with Gasteiger partial charge in [0.15, 0.2) is 0 Å². The molecule has 1 N–H and O–H groups in total. The molecule has 1 heterocycles. The molecule has 0 fully saturated rings. The summed E-state index contributed by atoms with van der Waals surface area (Å²) in [7, 11) is 2.18. The number of unbranched alkanes of at least 4 members (excludes halogenated alkanes) is 2. The van der Waals surface area contributed by atoms with Gasteiger partial charge in [0, 0.05) is 33.2 Å². The van der Waals surface area contributed by atoms with Gasteiger partial charge >= 0.3 is 0 Å². The number of hydrogen-bond donors (Lipinski definition) is 1. The van der Waals surface area contributed by atoms with Crippen molar-refractivity contribution in [3.8, 4) is 0 Å². The second kappa shape index (κ2) is 7.39. The average molecular weight is 261 g/mol. The van der Waals surface area contributed by atoms with E-state index in [1.165, 1.54) is 30.6 Å². The zero-order valence-corrected chi connectivity index (χ0v) is 12.4. The normalized spacial score (nSPS) is 14.6. The lowest BCUT2D eigenvalue weighted by molar-refractivity contribution is 0.603. The molecular weight excluding hydrogens is 234 g/mol. The highest BCUT2D eigenvalue weighted by atomic mass is 15.3. The number of rotatable bonds is 7. The van der Waals surface area contributed by atoms with Crippen molar-refractivity contribution in [3.63, 3.8) is 0 Å². The average Bonchev–Trinajstić information content (AvgIpc) is 2.45. The van der Waals surface area contributed by atoms with Crippen molar-refractivity contribution in [2.24, 2.45) is 0 Å². The van der Waals surface area contributed by atoms with Gasteiger partial charge in [0.05, 0.1) is 11.4 Å².